The lowest BCUT2D eigenvalue weighted by Crippen LogP contribution is -2.29. The Morgan fingerprint density at radius 3 is 2.38 bits per heavy atom. The number of amides is 1. The second-order valence-electron chi connectivity index (χ2n) is 6.05. The van der Waals surface area contributed by atoms with Gasteiger partial charge in [0, 0.05) is 12.2 Å². The van der Waals surface area contributed by atoms with Gasteiger partial charge in [-0.05, 0) is 44.5 Å². The summed E-state index contributed by atoms with van der Waals surface area (Å²) in [4.78, 5) is 12.5. The number of anilines is 1. The third-order valence-electron chi connectivity index (χ3n) is 3.64. The van der Waals surface area contributed by atoms with E-state index >= 15 is 0 Å². The molecule has 0 saturated carbocycles. The van der Waals surface area contributed by atoms with Crippen molar-refractivity contribution in [1.82, 2.24) is 9.88 Å². The van der Waals surface area contributed by atoms with E-state index in [1.165, 1.54) is 0 Å². The number of nitrogens with one attached hydrogen (secondary N) is 2. The van der Waals surface area contributed by atoms with Crippen LogP contribution in [0.3, 0.4) is 0 Å². The third-order valence-corrected chi connectivity index (χ3v) is 4.23. The predicted octanol–water partition coefficient (Wildman–Crippen LogP) is 2.93. The molecule has 2 rings (SSSR count). The number of rotatable bonds is 6. The summed E-state index contributed by atoms with van der Waals surface area (Å²) in [5, 5.41) is 2.93. The average molecular weight is 349 g/mol. The molecule has 0 bridgehead atoms. The molecule has 0 radical (unpaired) electrons. The largest absolute Gasteiger partial charge is 0.344 e. The van der Waals surface area contributed by atoms with Gasteiger partial charge in [0.1, 0.15) is 5.69 Å². The molecule has 1 unspecified atom stereocenters. The maximum absolute atomic E-state index is 12.5. The summed E-state index contributed by atoms with van der Waals surface area (Å²) in [5.74, 6) is -0.199. The number of nitrogens with zero attached hydrogens (tertiary/aromatic N) is 1. The van der Waals surface area contributed by atoms with Crippen LogP contribution >= 0.6 is 0 Å². The van der Waals surface area contributed by atoms with E-state index in [1.54, 1.807) is 24.3 Å². The smallest absolute Gasteiger partial charge is 0.268 e. The van der Waals surface area contributed by atoms with Crippen molar-refractivity contribution in [2.75, 3.05) is 11.0 Å². The molecule has 7 heteroatoms. The van der Waals surface area contributed by atoms with Crippen LogP contribution in [0.5, 0.6) is 0 Å². The quantitative estimate of drug-likeness (QED) is 0.841. The summed E-state index contributed by atoms with van der Waals surface area (Å²) in [5.41, 5.74) is 1.75. The predicted molar refractivity (Wildman–Crippen MR) is 95.6 cm³/mol. The molecule has 0 aliphatic carbocycles. The van der Waals surface area contributed by atoms with Crippen molar-refractivity contribution in [2.24, 2.45) is 0 Å². The first kappa shape index (κ1) is 18.1. The number of carbonyl (C=O) groups excluding carboxylic acids is 1. The Labute approximate surface area is 142 Å². The Morgan fingerprint density at radius 1 is 1.08 bits per heavy atom. The number of carbonyl (C=O) groups is 1. The SMILES string of the molecule is CC(NC(=O)c1cccn1C(C)C)c1ccccc1NS(C)(=O)=O. The van der Waals surface area contributed by atoms with Crippen LogP contribution in [0, 0.1) is 0 Å². The molecule has 0 saturated heterocycles. The molecule has 24 heavy (non-hydrogen) atoms. The Kier molecular flexibility index (Phi) is 5.33. The molecule has 1 aromatic carbocycles. The van der Waals surface area contributed by atoms with Gasteiger partial charge in [0.2, 0.25) is 10.0 Å². The van der Waals surface area contributed by atoms with Crippen molar-refractivity contribution in [2.45, 2.75) is 32.9 Å². The van der Waals surface area contributed by atoms with E-state index < -0.39 is 10.0 Å². The van der Waals surface area contributed by atoms with E-state index in [1.807, 2.05) is 43.7 Å². The Bertz CT molecular complexity index is 825. The zero-order valence-corrected chi connectivity index (χ0v) is 15.1. The highest BCUT2D eigenvalue weighted by Gasteiger charge is 2.18. The Morgan fingerprint density at radius 2 is 1.75 bits per heavy atom. The molecular weight excluding hydrogens is 326 g/mol. The van der Waals surface area contributed by atoms with Crippen LogP contribution in [0.25, 0.3) is 0 Å². The van der Waals surface area contributed by atoms with Gasteiger partial charge < -0.3 is 9.88 Å². The molecule has 1 aromatic heterocycles. The van der Waals surface area contributed by atoms with Gasteiger partial charge in [-0.3, -0.25) is 9.52 Å². The minimum atomic E-state index is -3.39. The van der Waals surface area contributed by atoms with Gasteiger partial charge >= 0.3 is 0 Å². The molecule has 2 aromatic rings. The van der Waals surface area contributed by atoms with Crippen molar-refractivity contribution >= 4 is 21.6 Å². The van der Waals surface area contributed by atoms with Gasteiger partial charge in [-0.1, -0.05) is 18.2 Å². The van der Waals surface area contributed by atoms with E-state index in [4.69, 9.17) is 0 Å². The maximum Gasteiger partial charge on any atom is 0.268 e. The van der Waals surface area contributed by atoms with Crippen LogP contribution < -0.4 is 10.0 Å². The van der Waals surface area contributed by atoms with Gasteiger partial charge in [0.05, 0.1) is 18.0 Å². The maximum atomic E-state index is 12.5. The topological polar surface area (TPSA) is 80.2 Å². The Hall–Kier alpha value is -2.28. The molecule has 2 N–H and O–H groups in total. The van der Waals surface area contributed by atoms with Crippen LogP contribution in [-0.2, 0) is 10.0 Å². The molecule has 1 atom stereocenters. The number of hydrogen-bond donors (Lipinski definition) is 2. The van der Waals surface area contributed by atoms with Gasteiger partial charge in [-0.15, -0.1) is 0 Å². The summed E-state index contributed by atoms with van der Waals surface area (Å²) in [6, 6.07) is 10.4. The molecule has 1 heterocycles. The number of benzene rings is 1. The first-order chi connectivity index (χ1) is 11.2. The second kappa shape index (κ2) is 7.09. The number of hydrogen-bond acceptors (Lipinski definition) is 3. The zero-order chi connectivity index (χ0) is 17.9. The monoisotopic (exact) mass is 349 g/mol. The van der Waals surface area contributed by atoms with E-state index in [-0.39, 0.29) is 18.0 Å². The first-order valence-electron chi connectivity index (χ1n) is 7.73. The highest BCUT2D eigenvalue weighted by molar-refractivity contribution is 7.92. The fraction of sp³-hybridized carbons (Fsp3) is 0.353. The number of para-hydroxylation sites is 1. The van der Waals surface area contributed by atoms with E-state index in [9.17, 15) is 13.2 Å². The van der Waals surface area contributed by atoms with Gasteiger partial charge in [-0.25, -0.2) is 8.42 Å². The number of aromatic nitrogens is 1. The molecule has 0 spiro atoms. The molecule has 1 amide bonds. The lowest BCUT2D eigenvalue weighted by molar-refractivity contribution is 0.0929. The van der Waals surface area contributed by atoms with Gasteiger partial charge in [0.25, 0.3) is 5.91 Å². The molecule has 0 aliphatic rings. The lowest BCUT2D eigenvalue weighted by atomic mass is 10.1. The van der Waals surface area contributed by atoms with Crippen LogP contribution in [0.1, 0.15) is 48.9 Å². The highest BCUT2D eigenvalue weighted by atomic mass is 32.2. The summed E-state index contributed by atoms with van der Waals surface area (Å²) >= 11 is 0. The van der Waals surface area contributed by atoms with Crippen molar-refractivity contribution < 1.29 is 13.2 Å². The standard InChI is InChI=1S/C17H23N3O3S/c1-12(2)20-11-7-10-16(20)17(21)18-13(3)14-8-5-6-9-15(14)19-24(4,22)23/h5-13,19H,1-4H3,(H,18,21). The third kappa shape index (κ3) is 4.38. The number of sulfonamides is 1. The first-order valence-corrected chi connectivity index (χ1v) is 9.62. The summed E-state index contributed by atoms with van der Waals surface area (Å²) in [6.45, 7) is 5.83. The molecule has 0 aliphatic heterocycles. The fourth-order valence-corrected chi connectivity index (χ4v) is 3.14. The summed E-state index contributed by atoms with van der Waals surface area (Å²) in [6.07, 6.45) is 2.96. The minimum absolute atomic E-state index is 0.176. The van der Waals surface area contributed by atoms with Crippen molar-refractivity contribution in [3.05, 3.63) is 53.9 Å². The van der Waals surface area contributed by atoms with Crippen LogP contribution in [-0.4, -0.2) is 25.1 Å². The fourth-order valence-electron chi connectivity index (χ4n) is 2.55. The molecule has 130 valence electrons. The van der Waals surface area contributed by atoms with E-state index in [0.29, 0.717) is 16.9 Å². The van der Waals surface area contributed by atoms with Gasteiger partial charge in [0.15, 0.2) is 0 Å². The summed E-state index contributed by atoms with van der Waals surface area (Å²) < 4.78 is 27.4. The van der Waals surface area contributed by atoms with E-state index in [2.05, 4.69) is 10.0 Å². The van der Waals surface area contributed by atoms with Crippen molar-refractivity contribution in [3.63, 3.8) is 0 Å². The van der Waals surface area contributed by atoms with Crippen LogP contribution in [0.15, 0.2) is 42.6 Å². The average Bonchev–Trinajstić information content (AvgIpc) is 2.95. The summed E-state index contributed by atoms with van der Waals surface area (Å²) in [7, 11) is -3.39. The minimum Gasteiger partial charge on any atom is -0.344 e. The second-order valence-corrected chi connectivity index (χ2v) is 7.80. The molecule has 6 nitrogen and oxygen atoms in total. The zero-order valence-electron chi connectivity index (χ0n) is 14.3. The molecular formula is C17H23N3O3S. The normalized spacial score (nSPS) is 12.9. The van der Waals surface area contributed by atoms with Crippen molar-refractivity contribution in [3.8, 4) is 0 Å². The van der Waals surface area contributed by atoms with Crippen LogP contribution in [0.4, 0.5) is 5.69 Å². The molecule has 0 fully saturated rings. The van der Waals surface area contributed by atoms with Gasteiger partial charge in [-0.2, -0.15) is 0 Å². The lowest BCUT2D eigenvalue weighted by Gasteiger charge is -2.19. The van der Waals surface area contributed by atoms with Crippen LogP contribution in [0.2, 0.25) is 0 Å². The Balaban J connectivity index is 2.22. The van der Waals surface area contributed by atoms with E-state index in [0.717, 1.165) is 6.26 Å². The highest BCUT2D eigenvalue weighted by Crippen LogP contribution is 2.24. The van der Waals surface area contributed by atoms with Crippen molar-refractivity contribution in [1.29, 1.82) is 0 Å².